The van der Waals surface area contributed by atoms with E-state index in [1.807, 2.05) is 12.1 Å². The van der Waals surface area contributed by atoms with Crippen molar-refractivity contribution >= 4 is 38.7 Å². The van der Waals surface area contributed by atoms with E-state index < -0.39 is 12.0 Å². The molecule has 0 bridgehead atoms. The average molecular weight is 338 g/mol. The van der Waals surface area contributed by atoms with Crippen LogP contribution in [0.5, 0.6) is 0 Å². The minimum Gasteiger partial charge on any atom is -0.480 e. The topological polar surface area (TPSA) is 86.3 Å². The zero-order valence-electron chi connectivity index (χ0n) is 10.5. The molecule has 0 saturated carbocycles. The molecule has 0 aliphatic carbocycles. The van der Waals surface area contributed by atoms with Gasteiger partial charge in [-0.1, -0.05) is 15.9 Å². The highest BCUT2D eigenvalue weighted by molar-refractivity contribution is 9.10. The van der Waals surface area contributed by atoms with Crippen LogP contribution in [0.3, 0.4) is 0 Å². The first kappa shape index (κ1) is 13.1. The molecule has 0 radical (unpaired) electrons. The summed E-state index contributed by atoms with van der Waals surface area (Å²) in [5, 5.41) is 16.7. The molecule has 2 aromatic rings. The molecule has 1 aromatic heterocycles. The van der Waals surface area contributed by atoms with E-state index in [1.165, 1.54) is 4.90 Å². The Kier molecular flexibility index (Phi) is 3.21. The third-order valence-electron chi connectivity index (χ3n) is 3.53. The molecule has 1 amide bonds. The van der Waals surface area contributed by atoms with Gasteiger partial charge >= 0.3 is 5.97 Å². The van der Waals surface area contributed by atoms with Gasteiger partial charge in [-0.15, -0.1) is 0 Å². The number of aromatic nitrogens is 2. The number of carboxylic acids is 1. The Morgan fingerprint density at radius 2 is 2.25 bits per heavy atom. The van der Waals surface area contributed by atoms with Crippen molar-refractivity contribution in [2.45, 2.75) is 18.9 Å². The first-order chi connectivity index (χ1) is 9.58. The predicted octanol–water partition coefficient (Wildman–Crippen LogP) is 2.01. The van der Waals surface area contributed by atoms with E-state index in [4.69, 9.17) is 5.11 Å². The highest BCUT2D eigenvalue weighted by Gasteiger charge is 2.35. The maximum Gasteiger partial charge on any atom is 0.326 e. The van der Waals surface area contributed by atoms with Crippen LogP contribution in [-0.2, 0) is 4.79 Å². The summed E-state index contributed by atoms with van der Waals surface area (Å²) in [5.74, 6) is -1.30. The van der Waals surface area contributed by atoms with Crippen LogP contribution in [0.2, 0.25) is 0 Å². The third-order valence-corrected chi connectivity index (χ3v) is 4.02. The molecule has 1 aliphatic heterocycles. The lowest BCUT2D eigenvalue weighted by Crippen LogP contribution is -2.40. The van der Waals surface area contributed by atoms with Crippen LogP contribution in [0.25, 0.3) is 10.9 Å². The summed E-state index contributed by atoms with van der Waals surface area (Å²) in [6, 6.07) is 4.73. The summed E-state index contributed by atoms with van der Waals surface area (Å²) in [6.07, 6.45) is 1.20. The number of rotatable bonds is 2. The summed E-state index contributed by atoms with van der Waals surface area (Å²) in [5.41, 5.74) is 1.03. The van der Waals surface area contributed by atoms with Gasteiger partial charge in [-0.25, -0.2) is 4.79 Å². The quantitative estimate of drug-likeness (QED) is 0.877. The van der Waals surface area contributed by atoms with Crippen molar-refractivity contribution in [2.24, 2.45) is 0 Å². The second kappa shape index (κ2) is 4.90. The number of amides is 1. The SMILES string of the molecule is O=C(O)[C@@H]1CCCN1C(=O)c1n[nH]c2ccc(Br)cc12. The van der Waals surface area contributed by atoms with E-state index >= 15 is 0 Å². The number of nitrogens with zero attached hydrogens (tertiary/aromatic N) is 2. The van der Waals surface area contributed by atoms with Gasteiger partial charge in [-0.3, -0.25) is 9.89 Å². The molecule has 6 nitrogen and oxygen atoms in total. The van der Waals surface area contributed by atoms with Crippen LogP contribution in [0.15, 0.2) is 22.7 Å². The number of H-pyrrole nitrogens is 1. The van der Waals surface area contributed by atoms with E-state index in [0.717, 1.165) is 9.99 Å². The molecule has 104 valence electrons. The van der Waals surface area contributed by atoms with Gasteiger partial charge < -0.3 is 10.0 Å². The Balaban J connectivity index is 2.00. The number of carbonyl (C=O) groups excluding carboxylic acids is 1. The van der Waals surface area contributed by atoms with Crippen molar-refractivity contribution in [3.8, 4) is 0 Å². The van der Waals surface area contributed by atoms with E-state index in [-0.39, 0.29) is 11.6 Å². The third kappa shape index (κ3) is 2.07. The van der Waals surface area contributed by atoms with Gasteiger partial charge in [-0.05, 0) is 31.0 Å². The Morgan fingerprint density at radius 1 is 1.45 bits per heavy atom. The number of hydrogen-bond acceptors (Lipinski definition) is 3. The van der Waals surface area contributed by atoms with Gasteiger partial charge in [0.05, 0.1) is 5.52 Å². The van der Waals surface area contributed by atoms with Gasteiger partial charge in [0.25, 0.3) is 5.91 Å². The van der Waals surface area contributed by atoms with E-state index in [1.54, 1.807) is 6.07 Å². The molecule has 0 spiro atoms. The van der Waals surface area contributed by atoms with Gasteiger partial charge in [0.1, 0.15) is 6.04 Å². The number of likely N-dealkylation sites (tertiary alicyclic amines) is 1. The molecule has 1 saturated heterocycles. The number of carbonyl (C=O) groups is 2. The molecule has 2 N–H and O–H groups in total. The number of halogens is 1. The van der Waals surface area contributed by atoms with Crippen molar-refractivity contribution in [2.75, 3.05) is 6.54 Å². The molecule has 1 aromatic carbocycles. The molecule has 7 heteroatoms. The Morgan fingerprint density at radius 3 is 3.00 bits per heavy atom. The van der Waals surface area contributed by atoms with Gasteiger partial charge in [-0.2, -0.15) is 5.10 Å². The number of benzene rings is 1. The van der Waals surface area contributed by atoms with Gasteiger partial charge in [0, 0.05) is 16.4 Å². The summed E-state index contributed by atoms with van der Waals surface area (Å²) in [4.78, 5) is 25.1. The number of aromatic amines is 1. The van der Waals surface area contributed by atoms with Gasteiger partial charge in [0.2, 0.25) is 0 Å². The van der Waals surface area contributed by atoms with Crippen molar-refractivity contribution in [1.82, 2.24) is 15.1 Å². The van der Waals surface area contributed by atoms with E-state index in [0.29, 0.717) is 24.8 Å². The minimum atomic E-state index is -0.961. The van der Waals surface area contributed by atoms with Crippen molar-refractivity contribution < 1.29 is 14.7 Å². The number of fused-ring (bicyclic) bond motifs is 1. The Hall–Kier alpha value is -1.89. The molecular formula is C13H12BrN3O3. The normalized spacial score (nSPS) is 18.6. The molecule has 1 aliphatic rings. The summed E-state index contributed by atoms with van der Waals surface area (Å²) in [7, 11) is 0. The second-order valence-corrected chi connectivity index (χ2v) is 5.67. The molecule has 1 atom stereocenters. The van der Waals surface area contributed by atoms with Crippen LogP contribution in [0, 0.1) is 0 Å². The summed E-state index contributed by atoms with van der Waals surface area (Å²) < 4.78 is 0.844. The van der Waals surface area contributed by atoms with Crippen LogP contribution in [-0.4, -0.2) is 44.7 Å². The first-order valence-electron chi connectivity index (χ1n) is 6.25. The van der Waals surface area contributed by atoms with E-state index in [2.05, 4.69) is 26.1 Å². The monoisotopic (exact) mass is 337 g/mol. The molecule has 2 heterocycles. The number of hydrogen-bond donors (Lipinski definition) is 2. The largest absolute Gasteiger partial charge is 0.480 e. The maximum absolute atomic E-state index is 12.5. The number of aliphatic carboxylic acids is 1. The van der Waals surface area contributed by atoms with Crippen molar-refractivity contribution in [3.63, 3.8) is 0 Å². The van der Waals surface area contributed by atoms with Crippen LogP contribution < -0.4 is 0 Å². The molecular weight excluding hydrogens is 326 g/mol. The highest BCUT2D eigenvalue weighted by Crippen LogP contribution is 2.25. The molecule has 1 fully saturated rings. The lowest BCUT2D eigenvalue weighted by Gasteiger charge is -2.20. The minimum absolute atomic E-state index is 0.273. The smallest absolute Gasteiger partial charge is 0.326 e. The van der Waals surface area contributed by atoms with E-state index in [9.17, 15) is 9.59 Å². The average Bonchev–Trinajstić information content (AvgIpc) is 3.04. The first-order valence-corrected chi connectivity index (χ1v) is 7.04. The Labute approximate surface area is 122 Å². The zero-order valence-corrected chi connectivity index (χ0v) is 12.1. The van der Waals surface area contributed by atoms with Crippen LogP contribution in [0.4, 0.5) is 0 Å². The highest BCUT2D eigenvalue weighted by atomic mass is 79.9. The summed E-state index contributed by atoms with van der Waals surface area (Å²) in [6.45, 7) is 0.457. The zero-order chi connectivity index (χ0) is 14.3. The molecule has 0 unspecified atom stereocenters. The van der Waals surface area contributed by atoms with Crippen molar-refractivity contribution in [1.29, 1.82) is 0 Å². The molecule has 20 heavy (non-hydrogen) atoms. The fourth-order valence-corrected chi connectivity index (χ4v) is 2.91. The molecule has 3 rings (SSSR count). The standard InChI is InChI=1S/C13H12BrN3O3/c14-7-3-4-9-8(6-7)11(16-15-9)12(18)17-5-1-2-10(17)13(19)20/h3-4,6,10H,1-2,5H2,(H,15,16)(H,19,20)/t10-/m0/s1. The van der Waals surface area contributed by atoms with Crippen molar-refractivity contribution in [3.05, 3.63) is 28.4 Å². The lowest BCUT2D eigenvalue weighted by atomic mass is 10.2. The van der Waals surface area contributed by atoms with Crippen LogP contribution >= 0.6 is 15.9 Å². The fourth-order valence-electron chi connectivity index (χ4n) is 2.55. The maximum atomic E-state index is 12.5. The van der Waals surface area contributed by atoms with Gasteiger partial charge in [0.15, 0.2) is 5.69 Å². The fraction of sp³-hybridized carbons (Fsp3) is 0.308. The Bertz CT molecular complexity index is 697. The summed E-state index contributed by atoms with van der Waals surface area (Å²) >= 11 is 3.36. The second-order valence-electron chi connectivity index (χ2n) is 4.76. The number of nitrogens with one attached hydrogen (secondary N) is 1. The lowest BCUT2D eigenvalue weighted by molar-refractivity contribution is -0.141. The van der Waals surface area contributed by atoms with Crippen LogP contribution in [0.1, 0.15) is 23.3 Å². The predicted molar refractivity (Wildman–Crippen MR) is 75.5 cm³/mol. The number of carboxylic acid groups (broad SMARTS) is 1.